The molecule has 0 unspecified atom stereocenters. The second kappa shape index (κ2) is 7.22. The molecular formula is C15H21N3O6S2. The van der Waals surface area contributed by atoms with Crippen molar-refractivity contribution in [2.24, 2.45) is 5.92 Å². The van der Waals surface area contributed by atoms with Crippen LogP contribution in [0, 0.1) is 16.0 Å². The van der Waals surface area contributed by atoms with Crippen molar-refractivity contribution in [3.05, 3.63) is 34.4 Å². The molecule has 1 aliphatic carbocycles. The second-order valence-electron chi connectivity index (χ2n) is 6.69. The Kier molecular flexibility index (Phi) is 5.33. The van der Waals surface area contributed by atoms with Crippen molar-refractivity contribution in [1.29, 1.82) is 0 Å². The Hall–Kier alpha value is -1.56. The van der Waals surface area contributed by atoms with Crippen molar-refractivity contribution in [1.82, 2.24) is 9.03 Å². The fraction of sp³-hybridized carbons (Fsp3) is 0.600. The van der Waals surface area contributed by atoms with E-state index in [2.05, 4.69) is 4.72 Å². The monoisotopic (exact) mass is 403 g/mol. The molecule has 1 heterocycles. The Labute approximate surface area is 152 Å². The van der Waals surface area contributed by atoms with Crippen LogP contribution in [0.25, 0.3) is 0 Å². The zero-order valence-corrected chi connectivity index (χ0v) is 15.7. The fourth-order valence-corrected chi connectivity index (χ4v) is 6.05. The number of benzene rings is 1. The first-order valence-corrected chi connectivity index (χ1v) is 11.4. The molecule has 0 amide bonds. The van der Waals surface area contributed by atoms with E-state index in [0.29, 0.717) is 25.9 Å². The largest absolute Gasteiger partial charge is 0.270 e. The highest BCUT2D eigenvalue weighted by Gasteiger charge is 2.41. The standard InChI is InChI=1S/C15H21N3O6S2/c19-18(20)13-2-1-3-15(10-13)25(21,22)16-11-12-6-8-17(9-7-12)26(23,24)14-4-5-14/h1-3,10,12,14,16H,4-9,11H2. The lowest BCUT2D eigenvalue weighted by Crippen LogP contribution is -2.42. The van der Waals surface area contributed by atoms with E-state index >= 15 is 0 Å². The van der Waals surface area contributed by atoms with Crippen molar-refractivity contribution < 1.29 is 21.8 Å². The maximum Gasteiger partial charge on any atom is 0.270 e. The molecule has 1 aromatic carbocycles. The maximum atomic E-state index is 12.3. The van der Waals surface area contributed by atoms with Crippen LogP contribution in [0.5, 0.6) is 0 Å². The van der Waals surface area contributed by atoms with Crippen LogP contribution in [0.2, 0.25) is 0 Å². The Morgan fingerprint density at radius 3 is 2.35 bits per heavy atom. The number of piperidine rings is 1. The van der Waals surface area contributed by atoms with E-state index in [1.54, 1.807) is 0 Å². The molecule has 144 valence electrons. The van der Waals surface area contributed by atoms with Gasteiger partial charge in [0.1, 0.15) is 0 Å². The lowest BCUT2D eigenvalue weighted by Gasteiger charge is -2.31. The molecule has 3 rings (SSSR count). The first kappa shape index (κ1) is 19.2. The van der Waals surface area contributed by atoms with Crippen molar-refractivity contribution in [2.45, 2.75) is 35.8 Å². The van der Waals surface area contributed by atoms with E-state index in [9.17, 15) is 26.9 Å². The molecule has 0 bridgehead atoms. The van der Waals surface area contributed by atoms with Crippen LogP contribution in [-0.2, 0) is 20.0 Å². The zero-order valence-electron chi connectivity index (χ0n) is 14.1. The molecule has 1 aromatic rings. The molecule has 2 fully saturated rings. The van der Waals surface area contributed by atoms with Gasteiger partial charge in [0.25, 0.3) is 5.69 Å². The topological polar surface area (TPSA) is 127 Å². The first-order chi connectivity index (χ1) is 12.2. The molecule has 26 heavy (non-hydrogen) atoms. The number of hydrogen-bond acceptors (Lipinski definition) is 6. The van der Waals surface area contributed by atoms with Gasteiger partial charge in [-0.15, -0.1) is 0 Å². The van der Waals surface area contributed by atoms with Crippen molar-refractivity contribution in [3.8, 4) is 0 Å². The first-order valence-electron chi connectivity index (χ1n) is 8.43. The summed E-state index contributed by atoms with van der Waals surface area (Å²) in [6.45, 7) is 0.992. The van der Waals surface area contributed by atoms with Gasteiger partial charge in [-0.05, 0) is 37.7 Å². The normalized spacial score (nSPS) is 20.2. The maximum absolute atomic E-state index is 12.3. The Bertz CT molecular complexity index is 888. The van der Waals surface area contributed by atoms with E-state index in [-0.39, 0.29) is 28.3 Å². The minimum absolute atomic E-state index is 0.0362. The molecule has 0 spiro atoms. The molecule has 0 atom stereocenters. The Morgan fingerprint density at radius 2 is 1.77 bits per heavy atom. The average Bonchev–Trinajstić information content (AvgIpc) is 3.46. The Balaban J connectivity index is 1.56. The molecule has 1 N–H and O–H groups in total. The SMILES string of the molecule is O=[N+]([O-])c1cccc(S(=O)(=O)NCC2CCN(S(=O)(=O)C3CC3)CC2)c1. The molecule has 1 saturated carbocycles. The number of rotatable bonds is 7. The van der Waals surface area contributed by atoms with E-state index in [4.69, 9.17) is 0 Å². The number of non-ortho nitro benzene ring substituents is 1. The van der Waals surface area contributed by atoms with Gasteiger partial charge in [0, 0.05) is 31.8 Å². The van der Waals surface area contributed by atoms with Gasteiger partial charge < -0.3 is 0 Å². The number of nitrogens with one attached hydrogen (secondary N) is 1. The zero-order chi connectivity index (χ0) is 18.9. The summed E-state index contributed by atoms with van der Waals surface area (Å²) in [5.74, 6) is 0.0362. The Morgan fingerprint density at radius 1 is 1.12 bits per heavy atom. The third-order valence-electron chi connectivity index (χ3n) is 4.78. The molecule has 1 aliphatic heterocycles. The quantitative estimate of drug-likeness (QED) is 0.536. The van der Waals surface area contributed by atoms with Crippen LogP contribution in [0.4, 0.5) is 5.69 Å². The summed E-state index contributed by atoms with van der Waals surface area (Å²) in [5.41, 5.74) is -0.286. The highest BCUT2D eigenvalue weighted by molar-refractivity contribution is 7.90. The third-order valence-corrected chi connectivity index (χ3v) is 8.60. The lowest BCUT2D eigenvalue weighted by atomic mass is 9.99. The summed E-state index contributed by atoms with van der Waals surface area (Å²) in [6, 6.07) is 4.89. The second-order valence-corrected chi connectivity index (χ2v) is 10.7. The minimum Gasteiger partial charge on any atom is -0.258 e. The molecule has 11 heteroatoms. The smallest absolute Gasteiger partial charge is 0.258 e. The van der Waals surface area contributed by atoms with Gasteiger partial charge in [0.2, 0.25) is 20.0 Å². The fourth-order valence-electron chi connectivity index (χ4n) is 3.02. The predicted molar refractivity (Wildman–Crippen MR) is 94.5 cm³/mol. The predicted octanol–water partition coefficient (Wildman–Crippen LogP) is 1.08. The minimum atomic E-state index is -3.85. The molecule has 1 saturated heterocycles. The summed E-state index contributed by atoms with van der Waals surface area (Å²) in [4.78, 5) is 9.99. The van der Waals surface area contributed by atoms with E-state index in [1.807, 2.05) is 0 Å². The summed E-state index contributed by atoms with van der Waals surface area (Å²) in [5, 5.41) is 10.6. The van der Waals surface area contributed by atoms with E-state index < -0.39 is 25.0 Å². The van der Waals surface area contributed by atoms with Crippen LogP contribution >= 0.6 is 0 Å². The number of nitrogens with zero attached hydrogens (tertiary/aromatic N) is 2. The number of nitro benzene ring substituents is 1. The van der Waals surface area contributed by atoms with Gasteiger partial charge in [-0.3, -0.25) is 10.1 Å². The molecule has 2 aliphatic rings. The summed E-state index contributed by atoms with van der Waals surface area (Å²) < 4.78 is 53.1. The molecular weight excluding hydrogens is 382 g/mol. The van der Waals surface area contributed by atoms with Gasteiger partial charge in [-0.2, -0.15) is 0 Å². The summed E-state index contributed by atoms with van der Waals surface area (Å²) in [7, 11) is -7.03. The number of sulfonamides is 2. The van der Waals surface area contributed by atoms with Gasteiger partial charge in [0.05, 0.1) is 15.1 Å². The number of nitro groups is 1. The van der Waals surface area contributed by atoms with Gasteiger partial charge in [0.15, 0.2) is 0 Å². The van der Waals surface area contributed by atoms with E-state index in [0.717, 1.165) is 18.9 Å². The lowest BCUT2D eigenvalue weighted by molar-refractivity contribution is -0.385. The number of hydrogen-bond donors (Lipinski definition) is 1. The van der Waals surface area contributed by atoms with Crippen molar-refractivity contribution >= 4 is 25.7 Å². The van der Waals surface area contributed by atoms with Crippen molar-refractivity contribution in [3.63, 3.8) is 0 Å². The average molecular weight is 403 g/mol. The van der Waals surface area contributed by atoms with Crippen LogP contribution in [-0.4, -0.2) is 50.9 Å². The van der Waals surface area contributed by atoms with Crippen LogP contribution in [0.3, 0.4) is 0 Å². The van der Waals surface area contributed by atoms with Gasteiger partial charge >= 0.3 is 0 Å². The van der Waals surface area contributed by atoms with Crippen LogP contribution < -0.4 is 4.72 Å². The third kappa shape index (κ3) is 4.22. The summed E-state index contributed by atoms with van der Waals surface area (Å²) >= 11 is 0. The molecule has 0 radical (unpaired) electrons. The highest BCUT2D eigenvalue weighted by Crippen LogP contribution is 2.33. The van der Waals surface area contributed by atoms with E-state index in [1.165, 1.54) is 22.5 Å². The summed E-state index contributed by atoms with van der Waals surface area (Å²) in [6.07, 6.45) is 2.63. The van der Waals surface area contributed by atoms with Gasteiger partial charge in [-0.25, -0.2) is 25.9 Å². The van der Waals surface area contributed by atoms with Gasteiger partial charge in [-0.1, -0.05) is 6.07 Å². The molecule has 0 aromatic heterocycles. The van der Waals surface area contributed by atoms with Crippen molar-refractivity contribution in [2.75, 3.05) is 19.6 Å². The molecule has 9 nitrogen and oxygen atoms in total. The van der Waals surface area contributed by atoms with Crippen LogP contribution in [0.1, 0.15) is 25.7 Å². The highest BCUT2D eigenvalue weighted by atomic mass is 32.2. The van der Waals surface area contributed by atoms with Crippen LogP contribution in [0.15, 0.2) is 29.2 Å².